The number of amides is 1. The molecule has 1 atom stereocenters. The monoisotopic (exact) mass is 243 g/mol. The first-order valence-corrected chi connectivity index (χ1v) is 6.42. The number of carbonyl (C=O) groups is 1. The molecule has 100 valence electrons. The van der Waals surface area contributed by atoms with E-state index in [4.69, 9.17) is 4.74 Å². The fourth-order valence-corrected chi connectivity index (χ4v) is 1.99. The summed E-state index contributed by atoms with van der Waals surface area (Å²) in [7, 11) is 1.95. The molecule has 1 aliphatic rings. The maximum Gasteiger partial charge on any atom is 0.239 e. The topological polar surface area (TPSA) is 53.6 Å². The molecular weight excluding hydrogens is 218 g/mol. The molecule has 5 nitrogen and oxygen atoms in total. The van der Waals surface area contributed by atoms with Crippen LogP contribution in [-0.2, 0) is 9.53 Å². The van der Waals surface area contributed by atoms with Gasteiger partial charge in [-0.05, 0) is 33.9 Å². The van der Waals surface area contributed by atoms with Crippen molar-refractivity contribution in [3.8, 4) is 0 Å². The highest BCUT2D eigenvalue weighted by molar-refractivity contribution is 5.82. The van der Waals surface area contributed by atoms with Crippen molar-refractivity contribution >= 4 is 5.91 Å². The summed E-state index contributed by atoms with van der Waals surface area (Å²) in [6.45, 7) is 7.97. The molecule has 1 amide bonds. The van der Waals surface area contributed by atoms with Crippen LogP contribution in [-0.4, -0.2) is 62.8 Å². The molecule has 0 aromatic carbocycles. The van der Waals surface area contributed by atoms with E-state index >= 15 is 0 Å². The Kier molecular flexibility index (Phi) is 6.47. The van der Waals surface area contributed by atoms with Crippen molar-refractivity contribution in [1.82, 2.24) is 15.5 Å². The first-order valence-electron chi connectivity index (χ1n) is 6.42. The quantitative estimate of drug-likeness (QED) is 0.636. The van der Waals surface area contributed by atoms with Crippen molar-refractivity contribution in [2.24, 2.45) is 0 Å². The minimum absolute atomic E-state index is 0.0872. The van der Waals surface area contributed by atoms with Gasteiger partial charge in [-0.2, -0.15) is 0 Å². The molecule has 1 rings (SSSR count). The van der Waals surface area contributed by atoms with Crippen LogP contribution in [0.1, 0.15) is 20.3 Å². The summed E-state index contributed by atoms with van der Waals surface area (Å²) >= 11 is 0. The molecule has 2 N–H and O–H groups in total. The first-order chi connectivity index (χ1) is 8.15. The minimum Gasteiger partial charge on any atom is -0.378 e. The molecular formula is C12H25N3O2. The fourth-order valence-electron chi connectivity index (χ4n) is 1.99. The minimum atomic E-state index is -0.122. The largest absolute Gasteiger partial charge is 0.378 e. The van der Waals surface area contributed by atoms with Crippen LogP contribution in [0.15, 0.2) is 0 Å². The molecule has 1 aliphatic heterocycles. The van der Waals surface area contributed by atoms with Gasteiger partial charge >= 0.3 is 0 Å². The van der Waals surface area contributed by atoms with Crippen LogP contribution >= 0.6 is 0 Å². The second kappa shape index (κ2) is 7.63. The number of rotatable bonds is 6. The predicted octanol–water partition coefficient (Wildman–Crippen LogP) is -0.179. The van der Waals surface area contributed by atoms with Crippen molar-refractivity contribution in [3.63, 3.8) is 0 Å². The van der Waals surface area contributed by atoms with Crippen LogP contribution in [0, 0.1) is 0 Å². The lowest BCUT2D eigenvalue weighted by Gasteiger charge is -2.34. The summed E-state index contributed by atoms with van der Waals surface area (Å²) in [6, 6.07) is 0.0617. The molecule has 0 spiro atoms. The van der Waals surface area contributed by atoms with E-state index in [0.29, 0.717) is 6.61 Å². The number of hydrogen-bond acceptors (Lipinski definition) is 4. The molecule has 17 heavy (non-hydrogen) atoms. The molecule has 1 heterocycles. The third kappa shape index (κ3) is 5.02. The zero-order valence-corrected chi connectivity index (χ0v) is 11.2. The van der Waals surface area contributed by atoms with E-state index in [1.54, 1.807) is 0 Å². The number of hydrogen-bond donors (Lipinski definition) is 2. The zero-order valence-electron chi connectivity index (χ0n) is 11.2. The van der Waals surface area contributed by atoms with Crippen LogP contribution in [0.4, 0.5) is 0 Å². The van der Waals surface area contributed by atoms with Gasteiger partial charge in [0, 0.05) is 19.1 Å². The highest BCUT2D eigenvalue weighted by Crippen LogP contribution is 2.08. The van der Waals surface area contributed by atoms with Gasteiger partial charge in [-0.3, -0.25) is 9.69 Å². The Morgan fingerprint density at radius 3 is 2.94 bits per heavy atom. The van der Waals surface area contributed by atoms with Gasteiger partial charge in [-0.25, -0.2) is 0 Å². The summed E-state index contributed by atoms with van der Waals surface area (Å²) in [5, 5.41) is 6.08. The summed E-state index contributed by atoms with van der Waals surface area (Å²) in [4.78, 5) is 14.2. The maximum absolute atomic E-state index is 12.0. The van der Waals surface area contributed by atoms with Gasteiger partial charge in [-0.15, -0.1) is 0 Å². The molecule has 1 fully saturated rings. The van der Waals surface area contributed by atoms with Crippen molar-refractivity contribution in [2.75, 3.05) is 39.9 Å². The molecule has 5 heteroatoms. The second-order valence-corrected chi connectivity index (χ2v) is 4.75. The standard InChI is InChI=1S/C12H25N3O2/c1-10(2)14-12(16)11-9-17-8-7-15(11)6-4-5-13-3/h10-11,13H,4-9H2,1-3H3,(H,14,16). The lowest BCUT2D eigenvalue weighted by molar-refractivity contribution is -0.133. The summed E-state index contributed by atoms with van der Waals surface area (Å²) in [6.07, 6.45) is 1.06. The van der Waals surface area contributed by atoms with E-state index < -0.39 is 0 Å². The van der Waals surface area contributed by atoms with Gasteiger partial charge in [0.1, 0.15) is 6.04 Å². The maximum atomic E-state index is 12.0. The van der Waals surface area contributed by atoms with Crippen molar-refractivity contribution in [2.45, 2.75) is 32.4 Å². The smallest absolute Gasteiger partial charge is 0.239 e. The highest BCUT2D eigenvalue weighted by Gasteiger charge is 2.28. The van der Waals surface area contributed by atoms with E-state index in [1.165, 1.54) is 0 Å². The van der Waals surface area contributed by atoms with Crippen LogP contribution in [0.5, 0.6) is 0 Å². The molecule has 1 unspecified atom stereocenters. The van der Waals surface area contributed by atoms with Gasteiger partial charge in [0.05, 0.1) is 13.2 Å². The van der Waals surface area contributed by atoms with Gasteiger partial charge in [0.2, 0.25) is 5.91 Å². The van der Waals surface area contributed by atoms with E-state index in [2.05, 4.69) is 15.5 Å². The zero-order chi connectivity index (χ0) is 12.7. The summed E-state index contributed by atoms with van der Waals surface area (Å²) < 4.78 is 5.40. The molecule has 0 aromatic heterocycles. The summed E-state index contributed by atoms with van der Waals surface area (Å²) in [5.41, 5.74) is 0. The molecule has 0 bridgehead atoms. The van der Waals surface area contributed by atoms with E-state index in [1.807, 2.05) is 20.9 Å². The van der Waals surface area contributed by atoms with Gasteiger partial charge < -0.3 is 15.4 Å². The van der Waals surface area contributed by atoms with E-state index in [-0.39, 0.29) is 18.0 Å². The number of nitrogens with one attached hydrogen (secondary N) is 2. The molecule has 0 aliphatic carbocycles. The van der Waals surface area contributed by atoms with E-state index in [0.717, 1.165) is 32.7 Å². The van der Waals surface area contributed by atoms with Crippen molar-refractivity contribution in [1.29, 1.82) is 0 Å². The number of carbonyl (C=O) groups excluding carboxylic acids is 1. The third-order valence-electron chi connectivity index (χ3n) is 2.85. The number of ether oxygens (including phenoxy) is 1. The summed E-state index contributed by atoms with van der Waals surface area (Å²) in [5.74, 6) is 0.0872. The predicted molar refractivity (Wildman–Crippen MR) is 68.0 cm³/mol. The third-order valence-corrected chi connectivity index (χ3v) is 2.85. The fraction of sp³-hybridized carbons (Fsp3) is 0.917. The Morgan fingerprint density at radius 1 is 1.53 bits per heavy atom. The van der Waals surface area contributed by atoms with Crippen LogP contribution in [0.2, 0.25) is 0 Å². The lowest BCUT2D eigenvalue weighted by Crippen LogP contribution is -2.55. The van der Waals surface area contributed by atoms with Crippen LogP contribution in [0.25, 0.3) is 0 Å². The van der Waals surface area contributed by atoms with Crippen molar-refractivity contribution in [3.05, 3.63) is 0 Å². The molecule has 0 radical (unpaired) electrons. The average Bonchev–Trinajstić information content (AvgIpc) is 2.29. The first kappa shape index (κ1) is 14.4. The molecule has 1 saturated heterocycles. The van der Waals surface area contributed by atoms with Crippen LogP contribution in [0.3, 0.4) is 0 Å². The second-order valence-electron chi connectivity index (χ2n) is 4.75. The Bertz CT molecular complexity index is 234. The highest BCUT2D eigenvalue weighted by atomic mass is 16.5. The molecule has 0 aromatic rings. The SMILES string of the molecule is CNCCCN1CCOCC1C(=O)NC(C)C. The van der Waals surface area contributed by atoms with Crippen molar-refractivity contribution < 1.29 is 9.53 Å². The van der Waals surface area contributed by atoms with Crippen LogP contribution < -0.4 is 10.6 Å². The Labute approximate surface area is 104 Å². The normalized spacial score (nSPS) is 21.8. The molecule has 0 saturated carbocycles. The Balaban J connectivity index is 2.44. The lowest BCUT2D eigenvalue weighted by atomic mass is 10.2. The van der Waals surface area contributed by atoms with Gasteiger partial charge in [0.15, 0.2) is 0 Å². The number of nitrogens with zero attached hydrogens (tertiary/aromatic N) is 1. The van der Waals surface area contributed by atoms with Gasteiger partial charge in [0.25, 0.3) is 0 Å². The Hall–Kier alpha value is -0.650. The van der Waals surface area contributed by atoms with Gasteiger partial charge in [-0.1, -0.05) is 0 Å². The Morgan fingerprint density at radius 2 is 2.29 bits per heavy atom. The van der Waals surface area contributed by atoms with E-state index in [9.17, 15) is 4.79 Å². The average molecular weight is 243 g/mol. The number of morpholine rings is 1.